The fourth-order valence-corrected chi connectivity index (χ4v) is 4.93. The van der Waals surface area contributed by atoms with Crippen LogP contribution in [0.2, 0.25) is 0 Å². The van der Waals surface area contributed by atoms with E-state index in [0.29, 0.717) is 34.8 Å². The summed E-state index contributed by atoms with van der Waals surface area (Å²) >= 11 is 0. The number of hydrogen-bond acceptors (Lipinski definition) is 5. The third kappa shape index (κ3) is 5.22. The summed E-state index contributed by atoms with van der Waals surface area (Å²) in [5.41, 5.74) is 2.73. The second kappa shape index (κ2) is 10.1. The lowest BCUT2D eigenvalue weighted by Gasteiger charge is -2.38. The van der Waals surface area contributed by atoms with Gasteiger partial charge in [-0.1, -0.05) is 48.5 Å². The number of aromatic nitrogens is 1. The number of nitrogens with one attached hydrogen (secondary N) is 1. The lowest BCUT2D eigenvalue weighted by molar-refractivity contribution is -0.154. The molecule has 7 nitrogen and oxygen atoms in total. The second-order valence-electron chi connectivity index (χ2n) is 8.26. The summed E-state index contributed by atoms with van der Waals surface area (Å²) in [5, 5.41) is 0.916. The van der Waals surface area contributed by atoms with Crippen LogP contribution in [0, 0.1) is 0 Å². The average molecular weight is 486 g/mol. The molecule has 1 atom stereocenters. The SMILES string of the molecule is O=C(Cc1ccccc1)OC1CN(C(=O)c2ccc(NS(=O)c3cccc4cccnc34)cc2)C1. The van der Waals surface area contributed by atoms with E-state index in [4.69, 9.17) is 4.74 Å². The van der Waals surface area contributed by atoms with Crippen molar-refractivity contribution in [3.8, 4) is 0 Å². The summed E-state index contributed by atoms with van der Waals surface area (Å²) in [4.78, 5) is 31.4. The van der Waals surface area contributed by atoms with Crippen LogP contribution in [0.5, 0.6) is 0 Å². The highest BCUT2D eigenvalue weighted by molar-refractivity contribution is 7.86. The van der Waals surface area contributed by atoms with Gasteiger partial charge in [0, 0.05) is 22.8 Å². The van der Waals surface area contributed by atoms with Crippen molar-refractivity contribution < 1.29 is 18.5 Å². The number of esters is 1. The standard InChI is InChI=1S/C27H23N3O4S/c31-25(16-19-6-2-1-3-7-19)34-23-17-30(18-23)27(32)21-11-13-22(14-12-21)29-35(33)24-10-4-8-20-9-5-15-28-26(20)24/h1-15,23,29H,16-18H2. The molecule has 3 aromatic carbocycles. The normalized spacial score (nSPS) is 14.2. The predicted molar refractivity (Wildman–Crippen MR) is 134 cm³/mol. The highest BCUT2D eigenvalue weighted by Crippen LogP contribution is 2.22. The van der Waals surface area contributed by atoms with E-state index in [1.165, 1.54) is 0 Å². The Balaban J connectivity index is 1.14. The van der Waals surface area contributed by atoms with Crippen LogP contribution in [0.1, 0.15) is 15.9 Å². The van der Waals surface area contributed by atoms with Gasteiger partial charge in [0.25, 0.3) is 5.91 Å². The van der Waals surface area contributed by atoms with E-state index >= 15 is 0 Å². The molecule has 1 unspecified atom stereocenters. The lowest BCUT2D eigenvalue weighted by atomic mass is 10.1. The van der Waals surface area contributed by atoms with E-state index < -0.39 is 11.0 Å². The summed E-state index contributed by atoms with van der Waals surface area (Å²) in [6, 6.07) is 25.6. The maximum Gasteiger partial charge on any atom is 0.310 e. The van der Waals surface area contributed by atoms with Crippen molar-refractivity contribution in [1.29, 1.82) is 0 Å². The van der Waals surface area contributed by atoms with Crippen LogP contribution in [0.15, 0.2) is 96.0 Å². The molecule has 0 spiro atoms. The summed E-state index contributed by atoms with van der Waals surface area (Å²) in [7, 11) is -1.51. The number of likely N-dealkylation sites (tertiary alicyclic amines) is 1. The Hall–Kier alpha value is -4.04. The number of amides is 1. The van der Waals surface area contributed by atoms with Crippen LogP contribution in [0.4, 0.5) is 5.69 Å². The first-order valence-electron chi connectivity index (χ1n) is 11.2. The summed E-state index contributed by atoms with van der Waals surface area (Å²) in [5.74, 6) is -0.426. The van der Waals surface area contributed by atoms with Gasteiger partial charge < -0.3 is 14.4 Å². The molecule has 176 valence electrons. The third-order valence-electron chi connectivity index (χ3n) is 5.76. The molecular weight excluding hydrogens is 462 g/mol. The van der Waals surface area contributed by atoms with Crippen molar-refractivity contribution in [2.45, 2.75) is 17.4 Å². The highest BCUT2D eigenvalue weighted by atomic mass is 32.2. The largest absolute Gasteiger partial charge is 0.458 e. The topological polar surface area (TPSA) is 88.6 Å². The molecule has 8 heteroatoms. The van der Waals surface area contributed by atoms with E-state index in [2.05, 4.69) is 9.71 Å². The molecule has 0 radical (unpaired) electrons. The minimum atomic E-state index is -1.51. The Morgan fingerprint density at radius 2 is 1.69 bits per heavy atom. The number of carbonyl (C=O) groups is 2. The van der Waals surface area contributed by atoms with Gasteiger partial charge >= 0.3 is 5.97 Å². The van der Waals surface area contributed by atoms with Gasteiger partial charge in [-0.2, -0.15) is 0 Å². The van der Waals surface area contributed by atoms with E-state index in [1.807, 2.05) is 54.6 Å². The van der Waals surface area contributed by atoms with Gasteiger partial charge in [-0.05, 0) is 42.0 Å². The molecule has 4 aromatic rings. The maximum atomic E-state index is 12.9. The molecule has 1 amide bonds. The smallest absolute Gasteiger partial charge is 0.310 e. The Bertz CT molecular complexity index is 1380. The van der Waals surface area contributed by atoms with Gasteiger partial charge in [0.2, 0.25) is 0 Å². The molecule has 1 N–H and O–H groups in total. The first-order chi connectivity index (χ1) is 17.1. The predicted octanol–water partition coefficient (Wildman–Crippen LogP) is 3.98. The zero-order chi connectivity index (χ0) is 24.2. The van der Waals surface area contributed by atoms with Crippen LogP contribution in [0.25, 0.3) is 10.9 Å². The molecule has 5 rings (SSSR count). The minimum Gasteiger partial charge on any atom is -0.458 e. The van der Waals surface area contributed by atoms with Crippen molar-refractivity contribution >= 4 is 39.5 Å². The highest BCUT2D eigenvalue weighted by Gasteiger charge is 2.33. The Morgan fingerprint density at radius 1 is 0.943 bits per heavy atom. The fourth-order valence-electron chi connectivity index (χ4n) is 3.92. The van der Waals surface area contributed by atoms with Gasteiger partial charge in [-0.15, -0.1) is 0 Å². The van der Waals surface area contributed by atoms with Gasteiger partial charge in [0.05, 0.1) is 29.9 Å². The second-order valence-corrected chi connectivity index (χ2v) is 9.45. The van der Waals surface area contributed by atoms with E-state index in [0.717, 1.165) is 10.9 Å². The van der Waals surface area contributed by atoms with E-state index in [9.17, 15) is 13.8 Å². The van der Waals surface area contributed by atoms with Crippen molar-refractivity contribution in [1.82, 2.24) is 9.88 Å². The average Bonchev–Trinajstić information content (AvgIpc) is 2.86. The number of pyridine rings is 1. The molecule has 0 aliphatic carbocycles. The van der Waals surface area contributed by atoms with Crippen LogP contribution < -0.4 is 4.72 Å². The zero-order valence-corrected chi connectivity index (χ0v) is 19.6. The first-order valence-corrected chi connectivity index (χ1v) is 12.4. The maximum absolute atomic E-state index is 12.9. The van der Waals surface area contributed by atoms with E-state index in [-0.39, 0.29) is 24.4 Å². The lowest BCUT2D eigenvalue weighted by Crippen LogP contribution is -2.55. The molecule has 35 heavy (non-hydrogen) atoms. The van der Waals surface area contributed by atoms with Gasteiger partial charge in [0.15, 0.2) is 11.0 Å². The number of hydrogen-bond donors (Lipinski definition) is 1. The van der Waals surface area contributed by atoms with Crippen LogP contribution >= 0.6 is 0 Å². The number of nitrogens with zero attached hydrogens (tertiary/aromatic N) is 2. The molecule has 0 bridgehead atoms. The van der Waals surface area contributed by atoms with E-state index in [1.54, 1.807) is 41.4 Å². The van der Waals surface area contributed by atoms with Crippen molar-refractivity contribution in [3.63, 3.8) is 0 Å². The first kappa shape index (κ1) is 22.7. The Labute approximate surface area is 205 Å². The van der Waals surface area contributed by atoms with Gasteiger partial charge in [-0.3, -0.25) is 14.6 Å². The zero-order valence-electron chi connectivity index (χ0n) is 18.8. The van der Waals surface area contributed by atoms with Crippen LogP contribution in [0.3, 0.4) is 0 Å². The molecule has 1 saturated heterocycles. The summed E-state index contributed by atoms with van der Waals surface area (Å²) in [6.07, 6.45) is 1.61. The van der Waals surface area contributed by atoms with Crippen LogP contribution in [-0.4, -0.2) is 45.2 Å². The summed E-state index contributed by atoms with van der Waals surface area (Å²) in [6.45, 7) is 0.745. The number of benzene rings is 3. The number of rotatable bonds is 7. The number of anilines is 1. The molecule has 2 heterocycles. The molecule has 1 aliphatic rings. The third-order valence-corrected chi connectivity index (χ3v) is 6.91. The Kier molecular flexibility index (Phi) is 6.54. The minimum absolute atomic E-state index is 0.133. The molecule has 0 saturated carbocycles. The quantitative estimate of drug-likeness (QED) is 0.400. The van der Waals surface area contributed by atoms with Crippen LogP contribution in [-0.2, 0) is 26.9 Å². The number of para-hydroxylation sites is 1. The van der Waals surface area contributed by atoms with Gasteiger partial charge in [0.1, 0.15) is 6.10 Å². The molecule has 1 fully saturated rings. The molecular formula is C27H23N3O4S. The van der Waals surface area contributed by atoms with Gasteiger partial charge in [-0.25, -0.2) is 4.21 Å². The number of carbonyl (C=O) groups excluding carboxylic acids is 2. The van der Waals surface area contributed by atoms with Crippen molar-refractivity contribution in [3.05, 3.63) is 102 Å². The number of fused-ring (bicyclic) bond motifs is 1. The monoisotopic (exact) mass is 485 g/mol. The van der Waals surface area contributed by atoms with Crippen molar-refractivity contribution in [2.24, 2.45) is 0 Å². The molecule has 1 aromatic heterocycles. The number of ether oxygens (including phenoxy) is 1. The molecule has 1 aliphatic heterocycles. The Morgan fingerprint density at radius 3 is 2.46 bits per heavy atom. The van der Waals surface area contributed by atoms with Crippen molar-refractivity contribution in [2.75, 3.05) is 17.8 Å². The summed E-state index contributed by atoms with van der Waals surface area (Å²) < 4.78 is 21.3. The fraction of sp³-hybridized carbons (Fsp3) is 0.148.